The Morgan fingerprint density at radius 3 is 2.40 bits per heavy atom. The average Bonchev–Trinajstić information content (AvgIpc) is 2.92. The molecule has 0 atom stereocenters. The van der Waals surface area contributed by atoms with Crippen LogP contribution >= 0.6 is 0 Å². The SMILES string of the molecule is CC=C(c1ccccc1)c1ccc2nc(N)n(S(=O)(=O)N(C)C)c2c1. The predicted molar refractivity (Wildman–Crippen MR) is 101 cm³/mol. The molecule has 0 aliphatic heterocycles. The number of nitrogen functional groups attached to an aromatic ring is 1. The largest absolute Gasteiger partial charge is 0.368 e. The lowest BCUT2D eigenvalue weighted by atomic mass is 9.97. The number of benzene rings is 2. The van der Waals surface area contributed by atoms with Gasteiger partial charge < -0.3 is 5.73 Å². The van der Waals surface area contributed by atoms with Gasteiger partial charge in [-0.05, 0) is 35.8 Å². The van der Waals surface area contributed by atoms with Gasteiger partial charge in [-0.2, -0.15) is 16.7 Å². The summed E-state index contributed by atoms with van der Waals surface area (Å²) in [5.74, 6) is -0.0532. The second-order valence-electron chi connectivity index (χ2n) is 5.80. The van der Waals surface area contributed by atoms with Crippen LogP contribution in [0.25, 0.3) is 16.6 Å². The van der Waals surface area contributed by atoms with Gasteiger partial charge >= 0.3 is 10.2 Å². The van der Waals surface area contributed by atoms with E-state index < -0.39 is 10.2 Å². The molecule has 3 aromatic rings. The molecule has 0 unspecified atom stereocenters. The van der Waals surface area contributed by atoms with Crippen LogP contribution in [0.15, 0.2) is 54.6 Å². The Balaban J connectivity index is 2.24. The molecule has 3 rings (SSSR count). The minimum Gasteiger partial charge on any atom is -0.368 e. The molecule has 1 aromatic heterocycles. The minimum absolute atomic E-state index is 0.0532. The normalized spacial score (nSPS) is 12.9. The van der Waals surface area contributed by atoms with Crippen LogP contribution in [0.5, 0.6) is 0 Å². The van der Waals surface area contributed by atoms with Crippen LogP contribution in [-0.2, 0) is 10.2 Å². The van der Waals surface area contributed by atoms with Gasteiger partial charge in [-0.15, -0.1) is 0 Å². The maximum Gasteiger partial charge on any atom is 0.310 e. The standard InChI is InChI=1S/C18H20N4O2S/c1-4-15(13-8-6-5-7-9-13)14-10-11-16-17(12-14)22(18(19)20-16)25(23,24)21(2)3/h4-12H,1-3H3,(H2,19,20). The zero-order chi connectivity index (χ0) is 18.2. The molecule has 0 aliphatic rings. The number of fused-ring (bicyclic) bond motifs is 1. The van der Waals surface area contributed by atoms with Crippen LogP contribution in [0.1, 0.15) is 18.1 Å². The van der Waals surface area contributed by atoms with E-state index in [9.17, 15) is 8.42 Å². The molecule has 2 N–H and O–H groups in total. The van der Waals surface area contributed by atoms with E-state index >= 15 is 0 Å². The monoisotopic (exact) mass is 356 g/mol. The average molecular weight is 356 g/mol. The summed E-state index contributed by atoms with van der Waals surface area (Å²) in [4.78, 5) is 4.18. The summed E-state index contributed by atoms with van der Waals surface area (Å²) in [5.41, 5.74) is 9.84. The van der Waals surface area contributed by atoms with E-state index in [1.165, 1.54) is 14.1 Å². The molecule has 0 bridgehead atoms. The first-order chi connectivity index (χ1) is 11.9. The molecule has 0 spiro atoms. The van der Waals surface area contributed by atoms with E-state index in [1.807, 2.05) is 55.5 Å². The number of hydrogen-bond donors (Lipinski definition) is 1. The molecular weight excluding hydrogens is 336 g/mol. The molecule has 2 aromatic carbocycles. The molecule has 0 radical (unpaired) electrons. The van der Waals surface area contributed by atoms with E-state index in [4.69, 9.17) is 5.73 Å². The molecule has 25 heavy (non-hydrogen) atoms. The molecule has 6 nitrogen and oxygen atoms in total. The summed E-state index contributed by atoms with van der Waals surface area (Å²) in [5, 5.41) is 0. The maximum absolute atomic E-state index is 12.6. The number of aromatic nitrogens is 2. The van der Waals surface area contributed by atoms with Gasteiger partial charge in [-0.25, -0.2) is 4.98 Å². The number of imidazole rings is 1. The van der Waals surface area contributed by atoms with Gasteiger partial charge in [0.15, 0.2) is 0 Å². The summed E-state index contributed by atoms with van der Waals surface area (Å²) in [6.07, 6.45) is 2.00. The Morgan fingerprint density at radius 1 is 1.12 bits per heavy atom. The van der Waals surface area contributed by atoms with E-state index in [1.54, 1.807) is 6.07 Å². The summed E-state index contributed by atoms with van der Waals surface area (Å²) < 4.78 is 27.4. The van der Waals surface area contributed by atoms with Gasteiger partial charge in [0.05, 0.1) is 11.0 Å². The Bertz CT molecular complexity index is 1050. The van der Waals surface area contributed by atoms with Gasteiger partial charge in [0, 0.05) is 14.1 Å². The topological polar surface area (TPSA) is 81.2 Å². The zero-order valence-corrected chi connectivity index (χ0v) is 15.2. The van der Waals surface area contributed by atoms with Crippen LogP contribution in [0, 0.1) is 0 Å². The molecule has 0 amide bonds. The fraction of sp³-hybridized carbons (Fsp3) is 0.167. The van der Waals surface area contributed by atoms with Gasteiger partial charge in [-0.3, -0.25) is 0 Å². The van der Waals surface area contributed by atoms with Crippen molar-refractivity contribution in [2.75, 3.05) is 19.8 Å². The molecule has 0 fully saturated rings. The van der Waals surface area contributed by atoms with Crippen molar-refractivity contribution in [1.82, 2.24) is 13.3 Å². The van der Waals surface area contributed by atoms with Crippen molar-refractivity contribution in [3.8, 4) is 0 Å². The van der Waals surface area contributed by atoms with Gasteiger partial charge in [-0.1, -0.05) is 42.5 Å². The molecule has 1 heterocycles. The second kappa shape index (κ2) is 6.34. The zero-order valence-electron chi connectivity index (χ0n) is 14.3. The third-order valence-corrected chi connectivity index (χ3v) is 5.78. The first kappa shape index (κ1) is 17.2. The highest BCUT2D eigenvalue weighted by atomic mass is 32.2. The smallest absolute Gasteiger partial charge is 0.310 e. The lowest BCUT2D eigenvalue weighted by Gasteiger charge is -2.14. The predicted octanol–water partition coefficient (Wildman–Crippen LogP) is 2.72. The van der Waals surface area contributed by atoms with E-state index in [0.29, 0.717) is 11.0 Å². The summed E-state index contributed by atoms with van der Waals surface area (Å²) in [7, 11) is -0.833. The van der Waals surface area contributed by atoms with Crippen LogP contribution in [0.3, 0.4) is 0 Å². The van der Waals surface area contributed by atoms with Crippen molar-refractivity contribution >= 4 is 32.8 Å². The first-order valence-corrected chi connectivity index (χ1v) is 9.19. The maximum atomic E-state index is 12.6. The van der Waals surface area contributed by atoms with Crippen molar-refractivity contribution in [3.63, 3.8) is 0 Å². The molecule has 0 saturated heterocycles. The number of rotatable bonds is 4. The van der Waals surface area contributed by atoms with Crippen molar-refractivity contribution in [3.05, 3.63) is 65.7 Å². The van der Waals surface area contributed by atoms with Crippen LogP contribution in [0.4, 0.5) is 5.95 Å². The van der Waals surface area contributed by atoms with Crippen molar-refractivity contribution in [2.24, 2.45) is 0 Å². The van der Waals surface area contributed by atoms with E-state index in [-0.39, 0.29) is 5.95 Å². The second-order valence-corrected chi connectivity index (χ2v) is 7.79. The van der Waals surface area contributed by atoms with E-state index in [2.05, 4.69) is 4.98 Å². The molecule has 0 aliphatic carbocycles. The Hall–Kier alpha value is -2.64. The Morgan fingerprint density at radius 2 is 1.80 bits per heavy atom. The highest BCUT2D eigenvalue weighted by Crippen LogP contribution is 2.28. The minimum atomic E-state index is -3.76. The van der Waals surface area contributed by atoms with Gasteiger partial charge in [0.2, 0.25) is 5.95 Å². The fourth-order valence-electron chi connectivity index (χ4n) is 2.76. The Labute approximate surface area is 147 Å². The van der Waals surface area contributed by atoms with E-state index in [0.717, 1.165) is 25.0 Å². The highest BCUT2D eigenvalue weighted by Gasteiger charge is 2.23. The molecule has 130 valence electrons. The van der Waals surface area contributed by atoms with Crippen LogP contribution in [-0.4, -0.2) is 35.8 Å². The third kappa shape index (κ3) is 2.92. The molecule has 7 heteroatoms. The molecule has 0 saturated carbocycles. The van der Waals surface area contributed by atoms with Crippen LogP contribution < -0.4 is 5.73 Å². The lowest BCUT2D eigenvalue weighted by Crippen LogP contribution is -2.29. The molecular formula is C18H20N4O2S. The number of allylic oxidation sites excluding steroid dienone is 1. The highest BCUT2D eigenvalue weighted by molar-refractivity contribution is 7.87. The van der Waals surface area contributed by atoms with Gasteiger partial charge in [0.1, 0.15) is 0 Å². The van der Waals surface area contributed by atoms with Crippen molar-refractivity contribution < 1.29 is 8.42 Å². The van der Waals surface area contributed by atoms with Crippen LogP contribution in [0.2, 0.25) is 0 Å². The number of anilines is 1. The lowest BCUT2D eigenvalue weighted by molar-refractivity contribution is 0.513. The number of hydrogen-bond acceptors (Lipinski definition) is 4. The number of nitrogens with zero attached hydrogens (tertiary/aromatic N) is 3. The number of nitrogens with two attached hydrogens (primary N) is 1. The first-order valence-electron chi connectivity index (χ1n) is 7.79. The van der Waals surface area contributed by atoms with Crippen molar-refractivity contribution in [2.45, 2.75) is 6.92 Å². The summed E-state index contributed by atoms with van der Waals surface area (Å²) >= 11 is 0. The van der Waals surface area contributed by atoms with Gasteiger partial charge in [0.25, 0.3) is 0 Å². The summed E-state index contributed by atoms with van der Waals surface area (Å²) in [6.45, 7) is 1.95. The third-order valence-electron chi connectivity index (χ3n) is 4.01. The quantitative estimate of drug-likeness (QED) is 0.779. The van der Waals surface area contributed by atoms with Crippen molar-refractivity contribution in [1.29, 1.82) is 0 Å². The fourth-order valence-corrected chi connectivity index (χ4v) is 3.76. The Kier molecular flexibility index (Phi) is 4.36. The summed E-state index contributed by atoms with van der Waals surface area (Å²) in [6, 6.07) is 15.4.